The summed E-state index contributed by atoms with van der Waals surface area (Å²) in [6.07, 6.45) is 1.51. The number of nitrogens with zero attached hydrogens (tertiary/aromatic N) is 1. The van der Waals surface area contributed by atoms with Crippen molar-refractivity contribution in [1.82, 2.24) is 9.97 Å². The summed E-state index contributed by atoms with van der Waals surface area (Å²) < 4.78 is 17.9. The maximum absolute atomic E-state index is 13.0. The maximum Gasteiger partial charge on any atom is 0.182 e. The molecule has 0 saturated heterocycles. The number of ether oxygens (including phenoxy) is 1. The van der Waals surface area contributed by atoms with Crippen LogP contribution in [0.3, 0.4) is 0 Å². The zero-order valence-corrected chi connectivity index (χ0v) is 6.47. The quantitative estimate of drug-likeness (QED) is 0.700. The molecule has 1 aromatic heterocycles. The molecular weight excluding hydrogens is 159 g/mol. The first-order chi connectivity index (χ1) is 5.83. The van der Waals surface area contributed by atoms with Crippen LogP contribution in [-0.2, 0) is 0 Å². The Kier molecular flexibility index (Phi) is 1.46. The first-order valence-electron chi connectivity index (χ1n) is 3.48. The summed E-state index contributed by atoms with van der Waals surface area (Å²) in [4.78, 5) is 6.79. The summed E-state index contributed by atoms with van der Waals surface area (Å²) in [6, 6.07) is 2.97. The molecule has 0 aliphatic heterocycles. The summed E-state index contributed by atoms with van der Waals surface area (Å²) >= 11 is 0. The third-order valence-electron chi connectivity index (χ3n) is 1.70. The van der Waals surface area contributed by atoms with Gasteiger partial charge in [-0.3, -0.25) is 0 Å². The third-order valence-corrected chi connectivity index (χ3v) is 1.70. The van der Waals surface area contributed by atoms with Gasteiger partial charge in [0.1, 0.15) is 5.52 Å². The molecule has 0 fully saturated rings. The minimum Gasteiger partial charge on any atom is -0.491 e. The van der Waals surface area contributed by atoms with Crippen LogP contribution in [0.5, 0.6) is 5.75 Å². The lowest BCUT2D eigenvalue weighted by Crippen LogP contribution is -1.88. The second kappa shape index (κ2) is 2.48. The highest BCUT2D eigenvalue weighted by molar-refractivity contribution is 5.81. The van der Waals surface area contributed by atoms with Crippen LogP contribution in [0, 0.1) is 5.82 Å². The number of methoxy groups -OCH3 is 1. The highest BCUT2D eigenvalue weighted by Crippen LogP contribution is 2.25. The summed E-state index contributed by atoms with van der Waals surface area (Å²) in [5.41, 5.74) is 1.30. The van der Waals surface area contributed by atoms with E-state index in [1.165, 1.54) is 19.5 Å². The van der Waals surface area contributed by atoms with Gasteiger partial charge in [0, 0.05) is 0 Å². The maximum atomic E-state index is 13.0. The van der Waals surface area contributed by atoms with E-state index in [9.17, 15) is 4.39 Å². The van der Waals surface area contributed by atoms with E-state index in [0.29, 0.717) is 5.52 Å². The monoisotopic (exact) mass is 166 g/mol. The van der Waals surface area contributed by atoms with Gasteiger partial charge in [-0.1, -0.05) is 0 Å². The normalized spacial score (nSPS) is 10.5. The number of fused-ring (bicyclic) bond motifs is 1. The summed E-state index contributed by atoms with van der Waals surface area (Å²) in [7, 11) is 1.42. The van der Waals surface area contributed by atoms with Gasteiger partial charge in [-0.05, 0) is 12.1 Å². The Labute approximate surface area is 68.2 Å². The smallest absolute Gasteiger partial charge is 0.182 e. The summed E-state index contributed by atoms with van der Waals surface area (Å²) in [5, 5.41) is 0. The van der Waals surface area contributed by atoms with Crippen LogP contribution in [0.2, 0.25) is 0 Å². The first-order valence-corrected chi connectivity index (χ1v) is 3.48. The van der Waals surface area contributed by atoms with Crippen molar-refractivity contribution in [2.75, 3.05) is 7.11 Å². The lowest BCUT2D eigenvalue weighted by molar-refractivity contribution is 0.391. The van der Waals surface area contributed by atoms with Crippen molar-refractivity contribution in [2.24, 2.45) is 0 Å². The van der Waals surface area contributed by atoms with Gasteiger partial charge < -0.3 is 9.72 Å². The van der Waals surface area contributed by atoms with Crippen LogP contribution in [0.25, 0.3) is 11.0 Å². The second-order valence-electron chi connectivity index (χ2n) is 2.38. The number of nitrogens with one attached hydrogen (secondary N) is 1. The number of imidazole rings is 1. The Morgan fingerprint density at radius 2 is 2.33 bits per heavy atom. The Bertz CT molecular complexity index is 410. The molecular formula is C8H7FN2O. The Hall–Kier alpha value is -1.58. The van der Waals surface area contributed by atoms with Gasteiger partial charge in [0.2, 0.25) is 0 Å². The van der Waals surface area contributed by atoms with E-state index in [0.717, 1.165) is 5.52 Å². The molecule has 0 aliphatic carbocycles. The van der Waals surface area contributed by atoms with Gasteiger partial charge in [-0.25, -0.2) is 9.37 Å². The van der Waals surface area contributed by atoms with E-state index >= 15 is 0 Å². The molecule has 0 saturated carbocycles. The van der Waals surface area contributed by atoms with E-state index < -0.39 is 5.82 Å². The van der Waals surface area contributed by atoms with E-state index in [1.54, 1.807) is 6.07 Å². The number of benzene rings is 1. The molecule has 0 aliphatic rings. The number of aromatic nitrogens is 2. The zero-order valence-electron chi connectivity index (χ0n) is 6.47. The van der Waals surface area contributed by atoms with E-state index in [4.69, 9.17) is 4.74 Å². The first kappa shape index (κ1) is 7.09. The highest BCUT2D eigenvalue weighted by Gasteiger charge is 2.08. The Morgan fingerprint density at radius 1 is 1.50 bits per heavy atom. The molecule has 2 aromatic rings. The molecule has 12 heavy (non-hydrogen) atoms. The van der Waals surface area contributed by atoms with Gasteiger partial charge >= 0.3 is 0 Å². The van der Waals surface area contributed by atoms with E-state index in [1.807, 2.05) is 0 Å². The molecule has 0 amide bonds. The number of halogens is 1. The van der Waals surface area contributed by atoms with Crippen LogP contribution in [-0.4, -0.2) is 17.1 Å². The minimum absolute atomic E-state index is 0.189. The molecule has 0 bridgehead atoms. The van der Waals surface area contributed by atoms with Crippen molar-refractivity contribution in [1.29, 1.82) is 0 Å². The SMILES string of the molecule is COc1c(F)ccc2[nH]cnc12. The lowest BCUT2D eigenvalue weighted by atomic mass is 10.3. The zero-order chi connectivity index (χ0) is 8.55. The van der Waals surface area contributed by atoms with Crippen LogP contribution >= 0.6 is 0 Å². The number of aromatic amines is 1. The largest absolute Gasteiger partial charge is 0.491 e. The van der Waals surface area contributed by atoms with Crippen molar-refractivity contribution >= 4 is 11.0 Å². The van der Waals surface area contributed by atoms with E-state index in [2.05, 4.69) is 9.97 Å². The molecule has 4 heteroatoms. The second-order valence-corrected chi connectivity index (χ2v) is 2.38. The third kappa shape index (κ3) is 0.845. The van der Waals surface area contributed by atoms with Crippen LogP contribution in [0.1, 0.15) is 0 Å². The van der Waals surface area contributed by atoms with Crippen molar-refractivity contribution in [3.63, 3.8) is 0 Å². The summed E-state index contributed by atoms with van der Waals surface area (Å²) in [6.45, 7) is 0. The molecule has 0 spiro atoms. The lowest BCUT2D eigenvalue weighted by Gasteiger charge is -2.00. The van der Waals surface area contributed by atoms with Crippen molar-refractivity contribution < 1.29 is 9.13 Å². The standard InChI is InChI=1S/C8H7FN2O/c1-12-8-5(9)2-3-6-7(8)11-4-10-6/h2-4H,1H3,(H,10,11). The molecule has 1 aromatic carbocycles. The fraction of sp³-hybridized carbons (Fsp3) is 0.125. The molecule has 0 atom stereocenters. The highest BCUT2D eigenvalue weighted by atomic mass is 19.1. The molecule has 1 N–H and O–H groups in total. The Balaban J connectivity index is 2.83. The minimum atomic E-state index is -0.392. The Morgan fingerprint density at radius 3 is 3.08 bits per heavy atom. The molecule has 0 unspecified atom stereocenters. The fourth-order valence-corrected chi connectivity index (χ4v) is 1.15. The molecule has 1 heterocycles. The molecule has 2 rings (SSSR count). The average molecular weight is 166 g/mol. The predicted octanol–water partition coefficient (Wildman–Crippen LogP) is 1.71. The number of rotatable bonds is 1. The topological polar surface area (TPSA) is 37.9 Å². The van der Waals surface area contributed by atoms with Gasteiger partial charge in [-0.15, -0.1) is 0 Å². The van der Waals surface area contributed by atoms with E-state index in [-0.39, 0.29) is 5.75 Å². The molecule has 0 radical (unpaired) electrons. The average Bonchev–Trinajstić information content (AvgIpc) is 2.52. The van der Waals surface area contributed by atoms with Gasteiger partial charge in [0.25, 0.3) is 0 Å². The number of H-pyrrole nitrogens is 1. The van der Waals surface area contributed by atoms with Gasteiger partial charge in [-0.2, -0.15) is 0 Å². The fourth-order valence-electron chi connectivity index (χ4n) is 1.15. The van der Waals surface area contributed by atoms with Crippen molar-refractivity contribution in [2.45, 2.75) is 0 Å². The van der Waals surface area contributed by atoms with Crippen LogP contribution in [0.15, 0.2) is 18.5 Å². The molecule has 3 nitrogen and oxygen atoms in total. The predicted molar refractivity (Wildman–Crippen MR) is 42.6 cm³/mol. The van der Waals surface area contributed by atoms with Crippen LogP contribution in [0.4, 0.5) is 4.39 Å². The molecule has 62 valence electrons. The van der Waals surface area contributed by atoms with Crippen LogP contribution < -0.4 is 4.74 Å². The van der Waals surface area contributed by atoms with Gasteiger partial charge in [0.15, 0.2) is 11.6 Å². The van der Waals surface area contributed by atoms with Crippen molar-refractivity contribution in [3.8, 4) is 5.75 Å². The number of hydrogen-bond acceptors (Lipinski definition) is 2. The van der Waals surface area contributed by atoms with Crippen molar-refractivity contribution in [3.05, 3.63) is 24.3 Å². The number of hydrogen-bond donors (Lipinski definition) is 1. The summed E-state index contributed by atoms with van der Waals surface area (Å²) in [5.74, 6) is -0.203. The van der Waals surface area contributed by atoms with Gasteiger partial charge in [0.05, 0.1) is 19.0 Å².